The first-order valence-corrected chi connectivity index (χ1v) is 5.92. The Morgan fingerprint density at radius 2 is 1.71 bits per heavy atom. The van der Waals surface area contributed by atoms with Gasteiger partial charge in [0.05, 0.1) is 5.60 Å². The third-order valence-electron chi connectivity index (χ3n) is 3.32. The molecule has 0 radical (unpaired) electrons. The highest BCUT2D eigenvalue weighted by molar-refractivity contribution is 4.78. The summed E-state index contributed by atoms with van der Waals surface area (Å²) in [6.07, 6.45) is 3.22. The molecule has 0 fully saturated rings. The fourth-order valence-corrected chi connectivity index (χ4v) is 1.67. The van der Waals surface area contributed by atoms with Crippen LogP contribution >= 0.6 is 0 Å². The summed E-state index contributed by atoms with van der Waals surface area (Å²) in [7, 11) is 0. The predicted molar refractivity (Wildman–Crippen MR) is 62.5 cm³/mol. The van der Waals surface area contributed by atoms with Crippen molar-refractivity contribution in [3.8, 4) is 0 Å². The fourth-order valence-electron chi connectivity index (χ4n) is 1.67. The van der Waals surface area contributed by atoms with Crippen molar-refractivity contribution < 1.29 is 5.11 Å². The van der Waals surface area contributed by atoms with Crippen LogP contribution in [0.4, 0.5) is 0 Å². The highest BCUT2D eigenvalue weighted by Gasteiger charge is 2.20. The lowest BCUT2D eigenvalue weighted by molar-refractivity contribution is 0.0509. The molecule has 0 amide bonds. The van der Waals surface area contributed by atoms with Crippen LogP contribution in [-0.4, -0.2) is 23.3 Å². The Labute approximate surface area is 89.1 Å². The predicted octanol–water partition coefficient (Wildman–Crippen LogP) is 2.56. The molecule has 2 unspecified atom stereocenters. The number of hydrogen-bond acceptors (Lipinski definition) is 2. The van der Waals surface area contributed by atoms with E-state index in [-0.39, 0.29) is 0 Å². The molecule has 0 aliphatic carbocycles. The van der Waals surface area contributed by atoms with Gasteiger partial charge >= 0.3 is 0 Å². The van der Waals surface area contributed by atoms with E-state index in [2.05, 4.69) is 26.1 Å². The standard InChI is InChI=1S/C12H27NO/c1-6-11(7-2)10(4)13-9-12(5,14)8-3/h10-11,13-14H,6-9H2,1-5H3. The fraction of sp³-hybridized carbons (Fsp3) is 1.00. The third-order valence-corrected chi connectivity index (χ3v) is 3.32. The van der Waals surface area contributed by atoms with Crippen molar-refractivity contribution in [2.75, 3.05) is 6.54 Å². The van der Waals surface area contributed by atoms with E-state index in [0.29, 0.717) is 12.6 Å². The normalized spacial score (nSPS) is 18.2. The molecule has 2 atom stereocenters. The van der Waals surface area contributed by atoms with E-state index in [0.717, 1.165) is 12.3 Å². The first-order chi connectivity index (χ1) is 6.46. The first-order valence-electron chi connectivity index (χ1n) is 5.92. The average Bonchev–Trinajstić information content (AvgIpc) is 2.17. The molecule has 2 nitrogen and oxygen atoms in total. The molecule has 14 heavy (non-hydrogen) atoms. The smallest absolute Gasteiger partial charge is 0.0741 e. The molecule has 0 aromatic carbocycles. The lowest BCUT2D eigenvalue weighted by atomic mass is 9.94. The van der Waals surface area contributed by atoms with E-state index in [9.17, 15) is 5.11 Å². The lowest BCUT2D eigenvalue weighted by Crippen LogP contribution is -2.43. The van der Waals surface area contributed by atoms with Crippen LogP contribution in [0.3, 0.4) is 0 Å². The Hall–Kier alpha value is -0.0800. The summed E-state index contributed by atoms with van der Waals surface area (Å²) in [4.78, 5) is 0. The maximum atomic E-state index is 9.84. The van der Waals surface area contributed by atoms with Crippen molar-refractivity contribution in [3.63, 3.8) is 0 Å². The zero-order valence-corrected chi connectivity index (χ0v) is 10.4. The minimum atomic E-state index is -0.555. The van der Waals surface area contributed by atoms with Crippen LogP contribution in [0, 0.1) is 5.92 Å². The molecule has 0 heterocycles. The van der Waals surface area contributed by atoms with E-state index in [1.807, 2.05) is 13.8 Å². The minimum absolute atomic E-state index is 0.503. The van der Waals surface area contributed by atoms with Crippen LogP contribution in [-0.2, 0) is 0 Å². The molecular formula is C12H27NO. The highest BCUT2D eigenvalue weighted by Crippen LogP contribution is 2.14. The van der Waals surface area contributed by atoms with E-state index >= 15 is 0 Å². The summed E-state index contributed by atoms with van der Waals surface area (Å²) in [6.45, 7) is 11.3. The summed E-state index contributed by atoms with van der Waals surface area (Å²) in [5.41, 5.74) is -0.555. The van der Waals surface area contributed by atoms with Gasteiger partial charge in [0.15, 0.2) is 0 Å². The topological polar surface area (TPSA) is 32.3 Å². The largest absolute Gasteiger partial charge is 0.389 e. The molecule has 0 aliphatic rings. The van der Waals surface area contributed by atoms with Crippen LogP contribution in [0.2, 0.25) is 0 Å². The minimum Gasteiger partial charge on any atom is -0.389 e. The molecule has 0 spiro atoms. The van der Waals surface area contributed by atoms with Crippen molar-refractivity contribution in [1.29, 1.82) is 0 Å². The number of hydrogen-bond donors (Lipinski definition) is 2. The summed E-state index contributed by atoms with van der Waals surface area (Å²) in [6, 6.07) is 0.503. The SMILES string of the molecule is CCC(CC)C(C)NCC(C)(O)CC. The monoisotopic (exact) mass is 201 g/mol. The van der Waals surface area contributed by atoms with Gasteiger partial charge in [0, 0.05) is 12.6 Å². The Balaban J connectivity index is 3.88. The molecule has 86 valence electrons. The van der Waals surface area contributed by atoms with E-state index < -0.39 is 5.60 Å². The van der Waals surface area contributed by atoms with Crippen LogP contribution in [0.5, 0.6) is 0 Å². The van der Waals surface area contributed by atoms with Crippen LogP contribution in [0.25, 0.3) is 0 Å². The van der Waals surface area contributed by atoms with Crippen molar-refractivity contribution in [2.24, 2.45) is 5.92 Å². The molecule has 2 N–H and O–H groups in total. The van der Waals surface area contributed by atoms with Gasteiger partial charge in [0.1, 0.15) is 0 Å². The van der Waals surface area contributed by atoms with Gasteiger partial charge in [-0.15, -0.1) is 0 Å². The van der Waals surface area contributed by atoms with Gasteiger partial charge in [-0.3, -0.25) is 0 Å². The van der Waals surface area contributed by atoms with Gasteiger partial charge in [-0.1, -0.05) is 33.6 Å². The maximum Gasteiger partial charge on any atom is 0.0741 e. The molecule has 0 saturated carbocycles. The molecule has 0 bridgehead atoms. The van der Waals surface area contributed by atoms with E-state index in [1.165, 1.54) is 12.8 Å². The molecular weight excluding hydrogens is 174 g/mol. The van der Waals surface area contributed by atoms with Crippen molar-refractivity contribution >= 4 is 0 Å². The van der Waals surface area contributed by atoms with Gasteiger partial charge in [-0.05, 0) is 26.2 Å². The highest BCUT2D eigenvalue weighted by atomic mass is 16.3. The molecule has 0 aromatic heterocycles. The molecule has 0 aromatic rings. The zero-order chi connectivity index (χ0) is 11.2. The first kappa shape index (κ1) is 13.9. The van der Waals surface area contributed by atoms with Crippen LogP contribution < -0.4 is 5.32 Å². The lowest BCUT2D eigenvalue weighted by Gasteiger charge is -2.28. The van der Waals surface area contributed by atoms with Crippen molar-refractivity contribution in [3.05, 3.63) is 0 Å². The summed E-state index contributed by atoms with van der Waals surface area (Å²) in [5.74, 6) is 0.725. The zero-order valence-electron chi connectivity index (χ0n) is 10.4. The van der Waals surface area contributed by atoms with E-state index in [1.54, 1.807) is 0 Å². The second-order valence-electron chi connectivity index (χ2n) is 4.60. The molecule has 2 heteroatoms. The van der Waals surface area contributed by atoms with Crippen molar-refractivity contribution in [1.82, 2.24) is 5.32 Å². The summed E-state index contributed by atoms with van der Waals surface area (Å²) < 4.78 is 0. The Kier molecular flexibility index (Phi) is 6.38. The summed E-state index contributed by atoms with van der Waals surface area (Å²) >= 11 is 0. The number of rotatable bonds is 7. The van der Waals surface area contributed by atoms with Gasteiger partial charge in [0.2, 0.25) is 0 Å². The second-order valence-corrected chi connectivity index (χ2v) is 4.60. The summed E-state index contributed by atoms with van der Waals surface area (Å²) in [5, 5.41) is 13.3. The van der Waals surface area contributed by atoms with Gasteiger partial charge in [0.25, 0.3) is 0 Å². The van der Waals surface area contributed by atoms with Gasteiger partial charge < -0.3 is 10.4 Å². The van der Waals surface area contributed by atoms with Crippen LogP contribution in [0.15, 0.2) is 0 Å². The Morgan fingerprint density at radius 3 is 2.07 bits per heavy atom. The van der Waals surface area contributed by atoms with Crippen LogP contribution in [0.1, 0.15) is 53.9 Å². The molecule has 0 saturated heterocycles. The number of aliphatic hydroxyl groups is 1. The molecule has 0 aliphatic heterocycles. The third kappa shape index (κ3) is 4.97. The Bertz CT molecular complexity index is 141. The quantitative estimate of drug-likeness (QED) is 0.663. The Morgan fingerprint density at radius 1 is 1.21 bits per heavy atom. The molecule has 0 rings (SSSR count). The maximum absolute atomic E-state index is 9.84. The van der Waals surface area contributed by atoms with Gasteiger partial charge in [-0.2, -0.15) is 0 Å². The van der Waals surface area contributed by atoms with E-state index in [4.69, 9.17) is 0 Å². The van der Waals surface area contributed by atoms with Gasteiger partial charge in [-0.25, -0.2) is 0 Å². The van der Waals surface area contributed by atoms with Crippen molar-refractivity contribution in [2.45, 2.75) is 65.5 Å². The number of nitrogens with one attached hydrogen (secondary N) is 1. The second kappa shape index (κ2) is 6.41. The average molecular weight is 201 g/mol.